The summed E-state index contributed by atoms with van der Waals surface area (Å²) in [6.07, 6.45) is -2.43. The third kappa shape index (κ3) is 1.83. The van der Waals surface area contributed by atoms with Gasteiger partial charge in [-0.25, -0.2) is 0 Å². The van der Waals surface area contributed by atoms with Gasteiger partial charge < -0.3 is 4.52 Å². The van der Waals surface area contributed by atoms with Crippen molar-refractivity contribution in [2.45, 2.75) is 6.18 Å². The molecule has 0 amide bonds. The van der Waals surface area contributed by atoms with Crippen molar-refractivity contribution < 1.29 is 17.7 Å². The molecule has 15 heavy (non-hydrogen) atoms. The molecule has 0 fully saturated rings. The van der Waals surface area contributed by atoms with E-state index in [0.29, 0.717) is 0 Å². The Kier molecular flexibility index (Phi) is 2.18. The summed E-state index contributed by atoms with van der Waals surface area (Å²) in [5.41, 5.74) is -0.908. The maximum Gasteiger partial charge on any atom is 0.417 e. The van der Waals surface area contributed by atoms with E-state index >= 15 is 0 Å². The first-order valence-electron chi connectivity index (χ1n) is 3.95. The molecule has 0 atom stereocenters. The van der Waals surface area contributed by atoms with E-state index in [9.17, 15) is 13.2 Å². The van der Waals surface area contributed by atoms with Crippen LogP contribution in [0.3, 0.4) is 0 Å². The Bertz CT molecular complexity index is 451. The number of hydrogen-bond donors (Lipinski definition) is 0. The van der Waals surface area contributed by atoms with Crippen molar-refractivity contribution in [3.05, 3.63) is 36.2 Å². The third-order valence-electron chi connectivity index (χ3n) is 1.80. The van der Waals surface area contributed by atoms with Crippen molar-refractivity contribution >= 4 is 0 Å². The van der Waals surface area contributed by atoms with Crippen LogP contribution in [0.1, 0.15) is 5.56 Å². The van der Waals surface area contributed by atoms with E-state index in [-0.39, 0.29) is 11.4 Å². The molecule has 0 aliphatic rings. The highest BCUT2D eigenvalue weighted by Crippen LogP contribution is 2.35. The lowest BCUT2D eigenvalue weighted by Crippen LogP contribution is -2.07. The fourth-order valence-electron chi connectivity index (χ4n) is 1.18. The number of rotatable bonds is 1. The predicted molar refractivity (Wildman–Crippen MR) is 43.6 cm³/mol. The van der Waals surface area contributed by atoms with Gasteiger partial charge in [0.05, 0.1) is 5.56 Å². The quantitative estimate of drug-likeness (QED) is 0.730. The highest BCUT2D eigenvalue weighted by Gasteiger charge is 2.34. The fraction of sp³-hybridized carbons (Fsp3) is 0.111. The molecule has 0 saturated heterocycles. The number of alkyl halides is 3. The zero-order chi connectivity index (χ0) is 10.9. The second-order valence-corrected chi connectivity index (χ2v) is 2.75. The number of hydrogen-bond acceptors (Lipinski definition) is 3. The van der Waals surface area contributed by atoms with Crippen LogP contribution in [0, 0.1) is 6.39 Å². The Hall–Kier alpha value is -1.85. The lowest BCUT2D eigenvalue weighted by Gasteiger charge is -2.09. The van der Waals surface area contributed by atoms with Crippen LogP contribution in [-0.4, -0.2) is 10.1 Å². The monoisotopic (exact) mass is 213 g/mol. The van der Waals surface area contributed by atoms with Crippen LogP contribution in [0.25, 0.3) is 11.4 Å². The summed E-state index contributed by atoms with van der Waals surface area (Å²) in [5.74, 6) is -0.122. The summed E-state index contributed by atoms with van der Waals surface area (Å²) in [6.45, 7) is 0. The van der Waals surface area contributed by atoms with Crippen molar-refractivity contribution in [2.75, 3.05) is 0 Å². The Labute approximate surface area is 82.5 Å². The summed E-state index contributed by atoms with van der Waals surface area (Å²) in [6, 6.07) is 5.02. The molecule has 6 heteroatoms. The zero-order valence-corrected chi connectivity index (χ0v) is 7.25. The van der Waals surface area contributed by atoms with Crippen LogP contribution < -0.4 is 0 Å². The molecular weight excluding hydrogens is 209 g/mol. The van der Waals surface area contributed by atoms with Gasteiger partial charge in [0, 0.05) is 5.56 Å². The van der Waals surface area contributed by atoms with Crippen molar-refractivity contribution in [3.63, 3.8) is 0 Å². The maximum absolute atomic E-state index is 12.5. The Morgan fingerprint density at radius 2 is 1.93 bits per heavy atom. The summed E-state index contributed by atoms with van der Waals surface area (Å²) in [5, 5.41) is 3.32. The molecular formula is C9H4F3N2O. The Balaban J connectivity index is 2.58. The van der Waals surface area contributed by atoms with Gasteiger partial charge in [-0.15, -0.1) is 0 Å². The topological polar surface area (TPSA) is 38.9 Å². The van der Waals surface area contributed by atoms with Gasteiger partial charge in [-0.05, 0) is 6.07 Å². The van der Waals surface area contributed by atoms with Gasteiger partial charge in [0.25, 0.3) is 0 Å². The molecule has 0 saturated carbocycles. The average Bonchev–Trinajstić information content (AvgIpc) is 2.69. The standard InChI is InChI=1S/C9H4F3N2O/c10-9(11,12)7-4-2-1-3-6(7)8-13-5-15-14-8/h1-4H. The van der Waals surface area contributed by atoms with E-state index in [1.807, 2.05) is 6.39 Å². The number of benzene rings is 1. The molecule has 77 valence electrons. The zero-order valence-electron chi connectivity index (χ0n) is 7.25. The van der Waals surface area contributed by atoms with Crippen LogP contribution in [0.5, 0.6) is 0 Å². The van der Waals surface area contributed by atoms with Crippen molar-refractivity contribution in [2.24, 2.45) is 0 Å². The van der Waals surface area contributed by atoms with Gasteiger partial charge in [-0.3, -0.25) is 0 Å². The molecule has 1 aromatic carbocycles. The number of halogens is 3. The smallest absolute Gasteiger partial charge is 0.328 e. The molecule has 0 bridgehead atoms. The second kappa shape index (κ2) is 3.38. The molecule has 1 heterocycles. The van der Waals surface area contributed by atoms with Gasteiger partial charge in [-0.2, -0.15) is 18.2 Å². The summed E-state index contributed by atoms with van der Waals surface area (Å²) in [4.78, 5) is 3.46. The van der Waals surface area contributed by atoms with Crippen LogP contribution in [0.15, 0.2) is 28.8 Å². The minimum Gasteiger partial charge on any atom is -0.328 e. The predicted octanol–water partition coefficient (Wildman–Crippen LogP) is 2.56. The van der Waals surface area contributed by atoms with E-state index < -0.39 is 11.7 Å². The van der Waals surface area contributed by atoms with Crippen LogP contribution in [0.4, 0.5) is 13.2 Å². The Morgan fingerprint density at radius 1 is 1.20 bits per heavy atom. The van der Waals surface area contributed by atoms with Crippen LogP contribution in [0.2, 0.25) is 0 Å². The summed E-state index contributed by atoms with van der Waals surface area (Å²) >= 11 is 0. The van der Waals surface area contributed by atoms with E-state index in [1.54, 1.807) is 0 Å². The average molecular weight is 213 g/mol. The summed E-state index contributed by atoms with van der Waals surface area (Å²) in [7, 11) is 0. The third-order valence-corrected chi connectivity index (χ3v) is 1.80. The van der Waals surface area contributed by atoms with Crippen LogP contribution in [-0.2, 0) is 6.18 Å². The molecule has 2 rings (SSSR count). The van der Waals surface area contributed by atoms with Crippen LogP contribution >= 0.6 is 0 Å². The van der Waals surface area contributed by atoms with Gasteiger partial charge in [0.2, 0.25) is 5.82 Å². The van der Waals surface area contributed by atoms with E-state index in [1.165, 1.54) is 18.2 Å². The van der Waals surface area contributed by atoms with Gasteiger partial charge >= 0.3 is 12.6 Å². The first-order valence-corrected chi connectivity index (χ1v) is 3.95. The number of aromatic nitrogens is 2. The molecule has 3 nitrogen and oxygen atoms in total. The lowest BCUT2D eigenvalue weighted by molar-refractivity contribution is -0.137. The van der Waals surface area contributed by atoms with Gasteiger partial charge in [0.15, 0.2) is 0 Å². The summed E-state index contributed by atoms with van der Waals surface area (Å²) < 4.78 is 41.9. The van der Waals surface area contributed by atoms with E-state index in [0.717, 1.165) is 6.07 Å². The first-order chi connectivity index (χ1) is 7.09. The molecule has 2 aromatic rings. The maximum atomic E-state index is 12.5. The van der Waals surface area contributed by atoms with Crippen molar-refractivity contribution in [1.29, 1.82) is 0 Å². The molecule has 1 aromatic heterocycles. The highest BCUT2D eigenvalue weighted by atomic mass is 19.4. The molecule has 0 unspecified atom stereocenters. The lowest BCUT2D eigenvalue weighted by atomic mass is 10.1. The molecule has 0 spiro atoms. The minimum absolute atomic E-state index is 0.116. The first kappa shape index (κ1) is 9.70. The normalized spacial score (nSPS) is 11.7. The molecule has 0 aliphatic heterocycles. The van der Waals surface area contributed by atoms with Crippen molar-refractivity contribution in [1.82, 2.24) is 10.1 Å². The van der Waals surface area contributed by atoms with Gasteiger partial charge in [-0.1, -0.05) is 23.4 Å². The molecule has 1 radical (unpaired) electrons. The molecule has 0 N–H and O–H groups in total. The van der Waals surface area contributed by atoms with E-state index in [2.05, 4.69) is 14.7 Å². The Morgan fingerprint density at radius 3 is 2.53 bits per heavy atom. The number of nitrogens with zero attached hydrogens (tertiary/aromatic N) is 2. The van der Waals surface area contributed by atoms with Gasteiger partial charge in [0.1, 0.15) is 0 Å². The largest absolute Gasteiger partial charge is 0.417 e. The molecule has 0 aliphatic carbocycles. The van der Waals surface area contributed by atoms with Crippen molar-refractivity contribution in [3.8, 4) is 11.4 Å². The second-order valence-electron chi connectivity index (χ2n) is 2.75. The fourth-order valence-corrected chi connectivity index (χ4v) is 1.18. The minimum atomic E-state index is -4.43. The van der Waals surface area contributed by atoms with E-state index in [4.69, 9.17) is 0 Å². The SMILES string of the molecule is FC(F)(F)c1ccccc1-c1n[c]on1. The highest BCUT2D eigenvalue weighted by molar-refractivity contribution is 5.60.